The maximum atomic E-state index is 13.2. The number of nitriles is 1. The molecule has 0 amide bonds. The normalized spacial score (nSPS) is 20.0. The fraction of sp³-hybridized carbons (Fsp3) is 0.412. The van der Waals surface area contributed by atoms with Gasteiger partial charge in [-0.1, -0.05) is 0 Å². The molecule has 1 fully saturated rings. The van der Waals surface area contributed by atoms with Gasteiger partial charge in [0.2, 0.25) is 5.95 Å². The van der Waals surface area contributed by atoms with Crippen LogP contribution in [0.4, 0.5) is 30.6 Å². The Hall–Kier alpha value is -2.93. The highest BCUT2D eigenvalue weighted by atomic mass is 19.4. The van der Waals surface area contributed by atoms with Gasteiger partial charge in [0.1, 0.15) is 17.6 Å². The summed E-state index contributed by atoms with van der Waals surface area (Å²) in [5.74, 6) is -0.103. The monoisotopic (exact) mass is 377 g/mol. The molecule has 2 aromatic rings. The molecule has 10 heteroatoms. The topological polar surface area (TPSA) is 113 Å². The van der Waals surface area contributed by atoms with Crippen LogP contribution in [0.5, 0.6) is 0 Å². The SMILES string of the molecule is N#Cc1ccc(Nc2nc(NC3CCC(N)CC3)cc(C(F)(F)F)n2)cn1. The van der Waals surface area contributed by atoms with Crippen LogP contribution < -0.4 is 16.4 Å². The van der Waals surface area contributed by atoms with Crippen molar-refractivity contribution in [3.05, 3.63) is 35.8 Å². The molecule has 4 N–H and O–H groups in total. The Kier molecular flexibility index (Phi) is 5.41. The molecular formula is C17H18F3N7. The molecular weight excluding hydrogens is 359 g/mol. The smallest absolute Gasteiger partial charge is 0.367 e. The lowest BCUT2D eigenvalue weighted by molar-refractivity contribution is -0.141. The molecule has 0 radical (unpaired) electrons. The van der Waals surface area contributed by atoms with E-state index in [0.717, 1.165) is 31.7 Å². The first-order valence-corrected chi connectivity index (χ1v) is 8.45. The van der Waals surface area contributed by atoms with Crippen molar-refractivity contribution in [2.24, 2.45) is 5.73 Å². The number of alkyl halides is 3. The highest BCUT2D eigenvalue weighted by Crippen LogP contribution is 2.31. The highest BCUT2D eigenvalue weighted by molar-refractivity contribution is 5.55. The minimum Gasteiger partial charge on any atom is -0.367 e. The van der Waals surface area contributed by atoms with E-state index < -0.39 is 11.9 Å². The van der Waals surface area contributed by atoms with Crippen molar-refractivity contribution in [3.63, 3.8) is 0 Å². The Balaban J connectivity index is 1.82. The number of hydrogen-bond acceptors (Lipinski definition) is 7. The Labute approximate surface area is 153 Å². The Morgan fingerprint density at radius 1 is 1.15 bits per heavy atom. The minimum absolute atomic E-state index is 0.0187. The third-order valence-corrected chi connectivity index (χ3v) is 4.27. The fourth-order valence-electron chi connectivity index (χ4n) is 2.86. The summed E-state index contributed by atoms with van der Waals surface area (Å²) in [6.07, 6.45) is -0.0944. The van der Waals surface area contributed by atoms with E-state index >= 15 is 0 Å². The van der Waals surface area contributed by atoms with Crippen LogP contribution in [-0.4, -0.2) is 27.0 Å². The van der Waals surface area contributed by atoms with Crippen molar-refractivity contribution < 1.29 is 13.2 Å². The summed E-state index contributed by atoms with van der Waals surface area (Å²) >= 11 is 0. The quantitative estimate of drug-likeness (QED) is 0.750. The van der Waals surface area contributed by atoms with Gasteiger partial charge < -0.3 is 16.4 Å². The maximum Gasteiger partial charge on any atom is 0.433 e. The van der Waals surface area contributed by atoms with E-state index in [9.17, 15) is 13.2 Å². The third kappa shape index (κ3) is 5.04. The third-order valence-electron chi connectivity index (χ3n) is 4.27. The Bertz CT molecular complexity index is 822. The second-order valence-corrected chi connectivity index (χ2v) is 6.38. The zero-order valence-electron chi connectivity index (χ0n) is 14.3. The van der Waals surface area contributed by atoms with Crippen molar-refractivity contribution in [1.29, 1.82) is 5.26 Å². The average molecular weight is 377 g/mol. The average Bonchev–Trinajstić information content (AvgIpc) is 2.63. The lowest BCUT2D eigenvalue weighted by atomic mass is 9.92. The van der Waals surface area contributed by atoms with Gasteiger partial charge in [0.15, 0.2) is 5.69 Å². The lowest BCUT2D eigenvalue weighted by Crippen LogP contribution is -2.33. The number of hydrogen-bond donors (Lipinski definition) is 3. The first kappa shape index (κ1) is 18.8. The number of nitrogens with zero attached hydrogens (tertiary/aromatic N) is 4. The summed E-state index contributed by atoms with van der Waals surface area (Å²) in [5.41, 5.74) is 5.39. The molecule has 2 aromatic heterocycles. The van der Waals surface area contributed by atoms with Crippen LogP contribution in [0.1, 0.15) is 37.1 Å². The number of pyridine rings is 1. The summed E-state index contributed by atoms with van der Waals surface area (Å²) in [6, 6.07) is 5.89. The number of halogens is 3. The van der Waals surface area contributed by atoms with E-state index in [1.54, 1.807) is 0 Å². The van der Waals surface area contributed by atoms with Crippen molar-refractivity contribution in [1.82, 2.24) is 15.0 Å². The molecule has 1 aliphatic rings. The first-order chi connectivity index (χ1) is 12.8. The predicted molar refractivity (Wildman–Crippen MR) is 93.1 cm³/mol. The molecule has 0 spiro atoms. The number of anilines is 3. The molecule has 142 valence electrons. The predicted octanol–water partition coefficient (Wildman–Crippen LogP) is 3.19. The Morgan fingerprint density at radius 2 is 1.89 bits per heavy atom. The molecule has 1 saturated carbocycles. The zero-order chi connectivity index (χ0) is 19.4. The zero-order valence-corrected chi connectivity index (χ0v) is 14.3. The number of rotatable bonds is 4. The van der Waals surface area contributed by atoms with Crippen LogP contribution >= 0.6 is 0 Å². The molecule has 0 saturated heterocycles. The Morgan fingerprint density at radius 3 is 2.48 bits per heavy atom. The van der Waals surface area contributed by atoms with Crippen molar-refractivity contribution in [2.45, 2.75) is 43.9 Å². The number of nitrogens with two attached hydrogens (primary N) is 1. The van der Waals surface area contributed by atoms with Gasteiger partial charge in [0.05, 0.1) is 11.9 Å². The van der Waals surface area contributed by atoms with Gasteiger partial charge >= 0.3 is 6.18 Å². The van der Waals surface area contributed by atoms with Crippen LogP contribution in [0.25, 0.3) is 0 Å². The van der Waals surface area contributed by atoms with Gasteiger partial charge in [0, 0.05) is 18.2 Å². The summed E-state index contributed by atoms with van der Waals surface area (Å²) in [4.78, 5) is 11.5. The first-order valence-electron chi connectivity index (χ1n) is 8.45. The number of aromatic nitrogens is 3. The van der Waals surface area contributed by atoms with Gasteiger partial charge in [0.25, 0.3) is 0 Å². The largest absolute Gasteiger partial charge is 0.433 e. The van der Waals surface area contributed by atoms with E-state index in [2.05, 4.69) is 25.6 Å². The molecule has 0 aliphatic heterocycles. The fourth-order valence-corrected chi connectivity index (χ4v) is 2.86. The van der Waals surface area contributed by atoms with E-state index in [0.29, 0.717) is 5.69 Å². The maximum absolute atomic E-state index is 13.2. The van der Waals surface area contributed by atoms with E-state index in [-0.39, 0.29) is 29.5 Å². The molecule has 0 unspecified atom stereocenters. The van der Waals surface area contributed by atoms with Gasteiger partial charge in [-0.25, -0.2) is 9.97 Å². The molecule has 1 aliphatic carbocycles. The highest BCUT2D eigenvalue weighted by Gasteiger charge is 2.34. The van der Waals surface area contributed by atoms with Crippen molar-refractivity contribution >= 4 is 17.5 Å². The summed E-state index contributed by atoms with van der Waals surface area (Å²) in [5, 5.41) is 14.5. The lowest BCUT2D eigenvalue weighted by Gasteiger charge is -2.27. The molecule has 2 heterocycles. The van der Waals surface area contributed by atoms with Gasteiger partial charge in [-0.05, 0) is 37.8 Å². The number of nitrogens with one attached hydrogen (secondary N) is 2. The van der Waals surface area contributed by atoms with Crippen LogP contribution in [0.3, 0.4) is 0 Å². The summed E-state index contributed by atoms with van der Waals surface area (Å²) in [7, 11) is 0. The van der Waals surface area contributed by atoms with Crippen LogP contribution in [0.2, 0.25) is 0 Å². The van der Waals surface area contributed by atoms with Gasteiger partial charge in [-0.3, -0.25) is 0 Å². The van der Waals surface area contributed by atoms with Gasteiger partial charge in [-0.15, -0.1) is 0 Å². The van der Waals surface area contributed by atoms with Crippen LogP contribution in [0, 0.1) is 11.3 Å². The van der Waals surface area contributed by atoms with E-state index in [1.807, 2.05) is 6.07 Å². The van der Waals surface area contributed by atoms with Crippen LogP contribution in [0.15, 0.2) is 24.4 Å². The second-order valence-electron chi connectivity index (χ2n) is 6.38. The molecule has 0 bridgehead atoms. The van der Waals surface area contributed by atoms with Gasteiger partial charge in [-0.2, -0.15) is 23.4 Å². The molecule has 3 rings (SSSR count). The summed E-state index contributed by atoms with van der Waals surface area (Å²) in [6.45, 7) is 0. The second kappa shape index (κ2) is 7.75. The van der Waals surface area contributed by atoms with Crippen LogP contribution in [-0.2, 0) is 6.18 Å². The van der Waals surface area contributed by atoms with E-state index in [4.69, 9.17) is 11.0 Å². The van der Waals surface area contributed by atoms with Crippen molar-refractivity contribution in [2.75, 3.05) is 10.6 Å². The molecule has 27 heavy (non-hydrogen) atoms. The molecule has 7 nitrogen and oxygen atoms in total. The molecule has 0 aromatic carbocycles. The minimum atomic E-state index is -4.60. The van der Waals surface area contributed by atoms with E-state index in [1.165, 1.54) is 18.3 Å². The summed E-state index contributed by atoms with van der Waals surface area (Å²) < 4.78 is 39.6. The standard InChI is InChI=1S/C17H18F3N7/c18-17(19,20)14-7-15(24-11-3-1-10(22)2-4-11)27-16(26-14)25-13-6-5-12(8-21)23-9-13/h5-7,9-11H,1-4,22H2,(H2,24,25,26,27). The molecule has 0 atom stereocenters. The van der Waals surface area contributed by atoms with Crippen molar-refractivity contribution in [3.8, 4) is 6.07 Å².